The second-order valence-electron chi connectivity index (χ2n) is 2.48. The highest BCUT2D eigenvalue weighted by molar-refractivity contribution is 5.89. The zero-order chi connectivity index (χ0) is 12.4. The first-order valence-electron chi connectivity index (χ1n) is 4.34. The van der Waals surface area contributed by atoms with Crippen LogP contribution in [0.25, 0.3) is 0 Å². The van der Waals surface area contributed by atoms with E-state index in [1.54, 1.807) is 24.3 Å². The predicted octanol–water partition coefficient (Wildman–Crippen LogP) is 2.24. The van der Waals surface area contributed by atoms with Gasteiger partial charge in [0.25, 0.3) is 0 Å². The Morgan fingerprint density at radius 1 is 1.19 bits per heavy atom. The third-order valence-electron chi connectivity index (χ3n) is 1.37. The standard InChI is InChI=1S/C9H8O2.C3H4O2/c1-2-11-9(10)8-6-4-3-5-7-8;1-2-3(4)5/h2-7H,1H2;2H,1H2,(H,4,5). The van der Waals surface area contributed by atoms with Gasteiger partial charge in [-0.1, -0.05) is 31.4 Å². The van der Waals surface area contributed by atoms with E-state index < -0.39 is 5.97 Å². The summed E-state index contributed by atoms with van der Waals surface area (Å²) in [6, 6.07) is 8.77. The quantitative estimate of drug-likeness (QED) is 0.482. The Labute approximate surface area is 93.5 Å². The van der Waals surface area contributed by atoms with E-state index in [1.165, 1.54) is 0 Å². The molecule has 0 radical (unpaired) electrons. The number of carboxylic acid groups (broad SMARTS) is 1. The fourth-order valence-electron chi connectivity index (χ4n) is 0.718. The van der Waals surface area contributed by atoms with Gasteiger partial charge in [-0.2, -0.15) is 0 Å². The van der Waals surface area contributed by atoms with E-state index in [1.807, 2.05) is 6.07 Å². The first-order chi connectivity index (χ1) is 7.61. The van der Waals surface area contributed by atoms with E-state index in [2.05, 4.69) is 17.9 Å². The topological polar surface area (TPSA) is 63.6 Å². The van der Waals surface area contributed by atoms with Gasteiger partial charge in [-0.05, 0) is 12.1 Å². The molecule has 1 rings (SSSR count). The van der Waals surface area contributed by atoms with Gasteiger partial charge in [-0.3, -0.25) is 0 Å². The molecule has 0 heterocycles. The third-order valence-corrected chi connectivity index (χ3v) is 1.37. The van der Waals surface area contributed by atoms with Crippen LogP contribution in [0.5, 0.6) is 0 Å². The SMILES string of the molecule is C=CC(=O)O.C=COC(=O)c1ccccc1. The molecule has 0 aliphatic heterocycles. The summed E-state index contributed by atoms with van der Waals surface area (Å²) >= 11 is 0. The Morgan fingerprint density at radius 3 is 2.06 bits per heavy atom. The van der Waals surface area contributed by atoms with E-state index >= 15 is 0 Å². The highest BCUT2D eigenvalue weighted by Gasteiger charge is 2.01. The Kier molecular flexibility index (Phi) is 6.81. The molecular formula is C12H12O4. The predicted molar refractivity (Wildman–Crippen MR) is 59.9 cm³/mol. The molecule has 0 atom stereocenters. The largest absolute Gasteiger partial charge is 0.478 e. The lowest BCUT2D eigenvalue weighted by atomic mass is 10.2. The summed E-state index contributed by atoms with van der Waals surface area (Å²) in [6.45, 7) is 6.24. The summed E-state index contributed by atoms with van der Waals surface area (Å²) in [5.74, 6) is -1.36. The zero-order valence-electron chi connectivity index (χ0n) is 8.63. The lowest BCUT2D eigenvalue weighted by Crippen LogP contribution is -1.98. The van der Waals surface area contributed by atoms with Crippen LogP contribution >= 0.6 is 0 Å². The van der Waals surface area contributed by atoms with Gasteiger partial charge < -0.3 is 9.84 Å². The van der Waals surface area contributed by atoms with Crippen LogP contribution in [0.1, 0.15) is 10.4 Å². The molecule has 84 valence electrons. The molecule has 0 saturated heterocycles. The molecule has 0 aliphatic rings. The van der Waals surface area contributed by atoms with Crippen molar-refractivity contribution in [2.45, 2.75) is 0 Å². The van der Waals surface area contributed by atoms with Crippen LogP contribution in [0.4, 0.5) is 0 Å². The molecule has 0 unspecified atom stereocenters. The number of hydrogen-bond acceptors (Lipinski definition) is 3. The number of carbonyl (C=O) groups excluding carboxylic acids is 1. The van der Waals surface area contributed by atoms with E-state index in [-0.39, 0.29) is 5.97 Å². The number of carbonyl (C=O) groups is 2. The van der Waals surface area contributed by atoms with Gasteiger partial charge in [0.2, 0.25) is 0 Å². The second-order valence-corrected chi connectivity index (χ2v) is 2.48. The monoisotopic (exact) mass is 220 g/mol. The van der Waals surface area contributed by atoms with Crippen molar-refractivity contribution < 1.29 is 19.4 Å². The van der Waals surface area contributed by atoms with Crippen LogP contribution in [-0.2, 0) is 9.53 Å². The molecule has 4 nitrogen and oxygen atoms in total. The summed E-state index contributed by atoms with van der Waals surface area (Å²) in [5.41, 5.74) is 0.535. The van der Waals surface area contributed by atoms with Crippen molar-refractivity contribution in [2.24, 2.45) is 0 Å². The van der Waals surface area contributed by atoms with Crippen molar-refractivity contribution in [3.8, 4) is 0 Å². The minimum atomic E-state index is -0.981. The maximum Gasteiger partial charge on any atom is 0.342 e. The summed E-state index contributed by atoms with van der Waals surface area (Å²) in [7, 11) is 0. The maximum atomic E-state index is 11.0. The molecule has 16 heavy (non-hydrogen) atoms. The van der Waals surface area contributed by atoms with Crippen molar-refractivity contribution in [3.05, 3.63) is 61.4 Å². The van der Waals surface area contributed by atoms with E-state index in [0.717, 1.165) is 12.3 Å². The van der Waals surface area contributed by atoms with E-state index in [4.69, 9.17) is 5.11 Å². The molecule has 0 spiro atoms. The van der Waals surface area contributed by atoms with Gasteiger partial charge in [0.05, 0.1) is 11.8 Å². The van der Waals surface area contributed by atoms with E-state index in [9.17, 15) is 9.59 Å². The first-order valence-corrected chi connectivity index (χ1v) is 4.34. The lowest BCUT2D eigenvalue weighted by Gasteiger charge is -1.96. The van der Waals surface area contributed by atoms with Gasteiger partial charge in [-0.25, -0.2) is 9.59 Å². The highest BCUT2D eigenvalue weighted by Crippen LogP contribution is 2.00. The summed E-state index contributed by atoms with van der Waals surface area (Å²) in [4.78, 5) is 20.2. The van der Waals surface area contributed by atoms with Crippen LogP contribution in [-0.4, -0.2) is 17.0 Å². The molecule has 1 N–H and O–H groups in total. The number of benzene rings is 1. The maximum absolute atomic E-state index is 11.0. The summed E-state index contributed by atoms with van der Waals surface area (Å²) in [6.07, 6.45) is 1.95. The van der Waals surface area contributed by atoms with Crippen molar-refractivity contribution in [1.29, 1.82) is 0 Å². The average molecular weight is 220 g/mol. The number of rotatable bonds is 3. The molecule has 0 aliphatic carbocycles. The number of esters is 1. The van der Waals surface area contributed by atoms with Crippen molar-refractivity contribution in [2.75, 3.05) is 0 Å². The number of ether oxygens (including phenoxy) is 1. The Hall–Kier alpha value is -2.36. The fraction of sp³-hybridized carbons (Fsp3) is 0. The Morgan fingerprint density at radius 2 is 1.69 bits per heavy atom. The normalized spacial score (nSPS) is 8.00. The average Bonchev–Trinajstić information content (AvgIpc) is 2.31. The summed E-state index contributed by atoms with van der Waals surface area (Å²) < 4.78 is 4.55. The smallest absolute Gasteiger partial charge is 0.342 e. The van der Waals surface area contributed by atoms with Crippen molar-refractivity contribution in [3.63, 3.8) is 0 Å². The second kappa shape index (κ2) is 7.99. The van der Waals surface area contributed by atoms with Gasteiger partial charge >= 0.3 is 11.9 Å². The van der Waals surface area contributed by atoms with Crippen LogP contribution in [0.2, 0.25) is 0 Å². The van der Waals surface area contributed by atoms with Crippen LogP contribution < -0.4 is 0 Å². The Balaban J connectivity index is 0.000000385. The number of hydrogen-bond donors (Lipinski definition) is 1. The van der Waals surface area contributed by atoms with Crippen LogP contribution in [0.15, 0.2) is 55.8 Å². The van der Waals surface area contributed by atoms with Gasteiger partial charge in [0.15, 0.2) is 0 Å². The lowest BCUT2D eigenvalue weighted by molar-refractivity contribution is -0.131. The minimum absolute atomic E-state index is 0.374. The van der Waals surface area contributed by atoms with Gasteiger partial charge in [-0.15, -0.1) is 0 Å². The van der Waals surface area contributed by atoms with Gasteiger partial charge in [0.1, 0.15) is 0 Å². The highest BCUT2D eigenvalue weighted by atomic mass is 16.5. The Bertz CT molecular complexity index is 368. The molecular weight excluding hydrogens is 208 g/mol. The fourth-order valence-corrected chi connectivity index (χ4v) is 0.718. The molecule has 0 bridgehead atoms. The molecule has 0 fully saturated rings. The summed E-state index contributed by atoms with van der Waals surface area (Å²) in [5, 5.41) is 7.60. The van der Waals surface area contributed by atoms with Gasteiger partial charge in [0, 0.05) is 6.08 Å². The van der Waals surface area contributed by atoms with E-state index in [0.29, 0.717) is 5.56 Å². The molecule has 0 aromatic heterocycles. The first kappa shape index (κ1) is 13.6. The molecule has 0 amide bonds. The zero-order valence-corrected chi connectivity index (χ0v) is 8.63. The molecule has 4 heteroatoms. The van der Waals surface area contributed by atoms with Crippen molar-refractivity contribution in [1.82, 2.24) is 0 Å². The molecule has 0 saturated carbocycles. The minimum Gasteiger partial charge on any atom is -0.478 e. The molecule has 1 aromatic carbocycles. The van der Waals surface area contributed by atoms with Crippen LogP contribution in [0, 0.1) is 0 Å². The number of carboxylic acids is 1. The van der Waals surface area contributed by atoms with Crippen LogP contribution in [0.3, 0.4) is 0 Å². The number of aliphatic carboxylic acids is 1. The van der Waals surface area contributed by atoms with Crippen molar-refractivity contribution >= 4 is 11.9 Å². The molecule has 1 aromatic rings. The third kappa shape index (κ3) is 6.15.